The third-order valence-electron chi connectivity index (χ3n) is 4.62. The molecule has 0 saturated carbocycles. The van der Waals surface area contributed by atoms with Crippen LogP contribution in [0.3, 0.4) is 0 Å². The zero-order valence-electron chi connectivity index (χ0n) is 14.6. The molecule has 3 aromatic rings. The Kier molecular flexibility index (Phi) is 5.38. The fraction of sp³-hybridized carbons (Fsp3) is 0.250. The van der Waals surface area contributed by atoms with Crippen LogP contribution < -0.4 is 15.4 Å². The molecule has 26 heavy (non-hydrogen) atoms. The Hall–Kier alpha value is -2.66. The summed E-state index contributed by atoms with van der Waals surface area (Å²) in [7, 11) is 1.65. The molecule has 0 saturated heterocycles. The van der Waals surface area contributed by atoms with Crippen molar-refractivity contribution in [1.82, 2.24) is 4.98 Å². The molecule has 1 aliphatic heterocycles. The van der Waals surface area contributed by atoms with Crippen molar-refractivity contribution in [3.8, 4) is 17.2 Å². The fourth-order valence-corrected chi connectivity index (χ4v) is 3.33. The number of hydrogen-bond acceptors (Lipinski definition) is 5. The van der Waals surface area contributed by atoms with Crippen LogP contribution >= 0.6 is 12.4 Å². The SMILES string of the molecule is COc1ccc(-c2nc(CN3CCCc4c(N)cccc43)co2)cc1.Cl. The van der Waals surface area contributed by atoms with Crippen LogP contribution in [0, 0.1) is 0 Å². The predicted molar refractivity (Wildman–Crippen MR) is 106 cm³/mol. The van der Waals surface area contributed by atoms with Crippen molar-refractivity contribution in [1.29, 1.82) is 0 Å². The number of rotatable bonds is 4. The Morgan fingerprint density at radius 1 is 1.19 bits per heavy atom. The van der Waals surface area contributed by atoms with E-state index < -0.39 is 0 Å². The van der Waals surface area contributed by atoms with Gasteiger partial charge in [-0.3, -0.25) is 0 Å². The van der Waals surface area contributed by atoms with E-state index in [-0.39, 0.29) is 12.4 Å². The monoisotopic (exact) mass is 371 g/mol. The first kappa shape index (κ1) is 18.1. The van der Waals surface area contributed by atoms with Gasteiger partial charge in [0.15, 0.2) is 0 Å². The highest BCUT2D eigenvalue weighted by Crippen LogP contribution is 2.32. The van der Waals surface area contributed by atoms with E-state index in [9.17, 15) is 0 Å². The standard InChI is InChI=1S/C20H21N3O2.ClH/c1-24-16-9-7-14(8-10-16)20-22-15(13-25-20)12-23-11-3-4-17-18(21)5-2-6-19(17)23;/h2,5-10,13H,3-4,11-12,21H2,1H3;1H. The Labute approximate surface area is 159 Å². The molecule has 5 nitrogen and oxygen atoms in total. The van der Waals surface area contributed by atoms with Gasteiger partial charge >= 0.3 is 0 Å². The molecular weight excluding hydrogens is 350 g/mol. The van der Waals surface area contributed by atoms with Crippen molar-refractivity contribution in [3.63, 3.8) is 0 Å². The lowest BCUT2D eigenvalue weighted by Gasteiger charge is -2.31. The quantitative estimate of drug-likeness (QED) is 0.692. The second-order valence-corrected chi connectivity index (χ2v) is 6.24. The molecule has 1 aliphatic rings. The van der Waals surface area contributed by atoms with E-state index in [1.807, 2.05) is 36.4 Å². The van der Waals surface area contributed by atoms with Gasteiger partial charge in [-0.1, -0.05) is 6.07 Å². The first-order chi connectivity index (χ1) is 12.2. The second-order valence-electron chi connectivity index (χ2n) is 6.24. The van der Waals surface area contributed by atoms with Gasteiger partial charge in [0.2, 0.25) is 5.89 Å². The summed E-state index contributed by atoms with van der Waals surface area (Å²) in [4.78, 5) is 6.97. The first-order valence-corrected chi connectivity index (χ1v) is 8.46. The van der Waals surface area contributed by atoms with Crippen LogP contribution in [0.2, 0.25) is 0 Å². The molecule has 0 amide bonds. The molecule has 2 aromatic carbocycles. The van der Waals surface area contributed by atoms with E-state index in [1.165, 1.54) is 11.3 Å². The van der Waals surface area contributed by atoms with E-state index >= 15 is 0 Å². The molecule has 6 heteroatoms. The van der Waals surface area contributed by atoms with Gasteiger partial charge in [-0.2, -0.15) is 0 Å². The molecule has 0 radical (unpaired) electrons. The lowest BCUT2D eigenvalue weighted by Crippen LogP contribution is -2.29. The third kappa shape index (κ3) is 3.48. The van der Waals surface area contributed by atoms with E-state index in [0.717, 1.165) is 48.6 Å². The predicted octanol–water partition coefficient (Wildman–Crippen LogP) is 4.31. The summed E-state index contributed by atoms with van der Waals surface area (Å²) >= 11 is 0. The zero-order chi connectivity index (χ0) is 17.2. The number of nitrogen functional groups attached to an aromatic ring is 1. The van der Waals surface area contributed by atoms with Gasteiger partial charge < -0.3 is 19.8 Å². The molecule has 1 aromatic heterocycles. The number of halogens is 1. The van der Waals surface area contributed by atoms with Gasteiger partial charge in [-0.25, -0.2) is 4.98 Å². The number of oxazole rings is 1. The lowest BCUT2D eigenvalue weighted by atomic mass is 10.00. The zero-order valence-corrected chi connectivity index (χ0v) is 15.5. The van der Waals surface area contributed by atoms with Crippen molar-refractivity contribution in [3.05, 3.63) is 60.0 Å². The highest BCUT2D eigenvalue weighted by molar-refractivity contribution is 5.85. The molecule has 0 unspecified atom stereocenters. The van der Waals surface area contributed by atoms with E-state index in [4.69, 9.17) is 14.9 Å². The molecule has 0 fully saturated rings. The number of methoxy groups -OCH3 is 1. The number of nitrogens with two attached hydrogens (primary N) is 1. The van der Waals surface area contributed by atoms with Crippen LogP contribution in [0.1, 0.15) is 17.7 Å². The van der Waals surface area contributed by atoms with Gasteiger partial charge in [-0.15, -0.1) is 12.4 Å². The van der Waals surface area contributed by atoms with Crippen LogP contribution in [0.4, 0.5) is 11.4 Å². The highest BCUT2D eigenvalue weighted by atomic mass is 35.5. The van der Waals surface area contributed by atoms with Crippen LogP contribution in [-0.4, -0.2) is 18.6 Å². The van der Waals surface area contributed by atoms with Crippen molar-refractivity contribution >= 4 is 23.8 Å². The minimum Gasteiger partial charge on any atom is -0.497 e. The summed E-state index contributed by atoms with van der Waals surface area (Å²) in [6, 6.07) is 13.8. The van der Waals surface area contributed by atoms with Crippen molar-refractivity contribution in [2.24, 2.45) is 0 Å². The Balaban J connectivity index is 0.00000196. The van der Waals surface area contributed by atoms with Crippen LogP contribution in [0.25, 0.3) is 11.5 Å². The van der Waals surface area contributed by atoms with Crippen molar-refractivity contribution < 1.29 is 9.15 Å². The van der Waals surface area contributed by atoms with Crippen LogP contribution in [0.5, 0.6) is 5.75 Å². The lowest BCUT2D eigenvalue weighted by molar-refractivity contribution is 0.415. The number of aromatic nitrogens is 1. The van der Waals surface area contributed by atoms with Crippen molar-refractivity contribution in [2.45, 2.75) is 19.4 Å². The van der Waals surface area contributed by atoms with Crippen LogP contribution in [-0.2, 0) is 13.0 Å². The molecule has 0 bridgehead atoms. The first-order valence-electron chi connectivity index (χ1n) is 8.46. The minimum absolute atomic E-state index is 0. The van der Waals surface area contributed by atoms with Crippen LogP contribution in [0.15, 0.2) is 53.1 Å². The van der Waals surface area contributed by atoms with Gasteiger partial charge in [0, 0.05) is 23.5 Å². The topological polar surface area (TPSA) is 64.5 Å². The van der Waals surface area contributed by atoms with E-state index in [1.54, 1.807) is 13.4 Å². The summed E-state index contributed by atoms with van der Waals surface area (Å²) in [5.74, 6) is 1.44. The number of anilines is 2. The molecule has 4 rings (SSSR count). The van der Waals surface area contributed by atoms with Crippen molar-refractivity contribution in [2.75, 3.05) is 24.3 Å². The summed E-state index contributed by atoms with van der Waals surface area (Å²) in [6.45, 7) is 1.72. The van der Waals surface area contributed by atoms with Gasteiger partial charge in [-0.05, 0) is 54.8 Å². The molecule has 136 valence electrons. The summed E-state index contributed by atoms with van der Waals surface area (Å²) < 4.78 is 10.9. The Morgan fingerprint density at radius 3 is 2.77 bits per heavy atom. The third-order valence-corrected chi connectivity index (χ3v) is 4.62. The number of hydrogen-bond donors (Lipinski definition) is 1. The number of nitrogens with zero attached hydrogens (tertiary/aromatic N) is 2. The average Bonchev–Trinajstić information content (AvgIpc) is 3.11. The molecule has 0 spiro atoms. The molecule has 0 aliphatic carbocycles. The summed E-state index contributed by atoms with van der Waals surface area (Å²) in [6.07, 6.45) is 3.87. The van der Waals surface area contributed by atoms with Gasteiger partial charge in [0.05, 0.1) is 19.3 Å². The maximum atomic E-state index is 6.13. The van der Waals surface area contributed by atoms with Gasteiger partial charge in [0.25, 0.3) is 0 Å². The Bertz CT molecular complexity index is 877. The fourth-order valence-electron chi connectivity index (χ4n) is 3.33. The highest BCUT2D eigenvalue weighted by Gasteiger charge is 2.20. The average molecular weight is 372 g/mol. The van der Waals surface area contributed by atoms with E-state index in [0.29, 0.717) is 5.89 Å². The summed E-state index contributed by atoms with van der Waals surface area (Å²) in [5.41, 5.74) is 11.3. The molecule has 2 heterocycles. The molecular formula is C20H22ClN3O2. The Morgan fingerprint density at radius 2 is 2.00 bits per heavy atom. The van der Waals surface area contributed by atoms with Gasteiger partial charge in [0.1, 0.15) is 12.0 Å². The summed E-state index contributed by atoms with van der Waals surface area (Å²) in [5, 5.41) is 0. The molecule has 0 atom stereocenters. The normalized spacial score (nSPS) is 13.0. The number of benzene rings is 2. The van der Waals surface area contributed by atoms with E-state index in [2.05, 4.69) is 16.0 Å². The number of fused-ring (bicyclic) bond motifs is 1. The smallest absolute Gasteiger partial charge is 0.226 e. The largest absolute Gasteiger partial charge is 0.497 e. The number of ether oxygens (including phenoxy) is 1. The molecule has 2 N–H and O–H groups in total. The second kappa shape index (κ2) is 7.70. The maximum absolute atomic E-state index is 6.13. The minimum atomic E-state index is 0. The maximum Gasteiger partial charge on any atom is 0.226 e.